The van der Waals surface area contributed by atoms with Gasteiger partial charge in [0.25, 0.3) is 0 Å². The van der Waals surface area contributed by atoms with Crippen LogP contribution in [0.4, 0.5) is 0 Å². The van der Waals surface area contributed by atoms with Gasteiger partial charge in [0.15, 0.2) is 21.4 Å². The predicted molar refractivity (Wildman–Crippen MR) is 106 cm³/mol. The maximum absolute atomic E-state index is 12.6. The van der Waals surface area contributed by atoms with Crippen LogP contribution < -0.4 is 9.47 Å². The zero-order chi connectivity index (χ0) is 21.7. The molecule has 0 saturated carbocycles. The van der Waals surface area contributed by atoms with Gasteiger partial charge in [-0.15, -0.1) is 10.2 Å². The van der Waals surface area contributed by atoms with Crippen molar-refractivity contribution in [3.05, 3.63) is 42.4 Å². The fraction of sp³-hybridized carbons (Fsp3) is 0.316. The molecular formula is C19H21N3O7S. The quantitative estimate of drug-likeness (QED) is 0.464. The molecule has 0 spiro atoms. The van der Waals surface area contributed by atoms with E-state index in [1.165, 1.54) is 32.2 Å². The van der Waals surface area contributed by atoms with Gasteiger partial charge in [-0.05, 0) is 24.3 Å². The monoisotopic (exact) mass is 435 g/mol. The predicted octanol–water partition coefficient (Wildman–Crippen LogP) is 2.02. The lowest BCUT2D eigenvalue weighted by atomic mass is 10.2. The molecule has 0 fully saturated rings. The van der Waals surface area contributed by atoms with Crippen molar-refractivity contribution >= 4 is 15.8 Å². The average molecular weight is 435 g/mol. The van der Waals surface area contributed by atoms with Crippen molar-refractivity contribution < 1.29 is 31.8 Å². The van der Waals surface area contributed by atoms with E-state index in [0.29, 0.717) is 22.9 Å². The van der Waals surface area contributed by atoms with Gasteiger partial charge in [0.05, 0.1) is 39.8 Å². The first kappa shape index (κ1) is 21.4. The summed E-state index contributed by atoms with van der Waals surface area (Å²) in [5.41, 5.74) is 0.428. The number of aromatic nitrogens is 3. The highest BCUT2D eigenvalue weighted by molar-refractivity contribution is 7.90. The maximum Gasteiger partial charge on any atom is 0.306 e. The summed E-state index contributed by atoms with van der Waals surface area (Å²) in [6.07, 6.45) is 1.22. The Morgan fingerprint density at radius 3 is 2.33 bits per heavy atom. The van der Waals surface area contributed by atoms with Crippen LogP contribution in [-0.4, -0.2) is 56.2 Å². The molecule has 0 aliphatic heterocycles. The summed E-state index contributed by atoms with van der Waals surface area (Å²) in [6, 6.07) is 8.52. The molecule has 0 atom stereocenters. The minimum absolute atomic E-state index is 0.120. The molecule has 0 aliphatic rings. The van der Waals surface area contributed by atoms with Gasteiger partial charge in [0.2, 0.25) is 5.82 Å². The van der Waals surface area contributed by atoms with Crippen molar-refractivity contribution in [1.82, 2.24) is 14.8 Å². The first-order valence-corrected chi connectivity index (χ1v) is 10.7. The SMILES string of the molecule is COC(=O)CCS(=O)(=O)Cc1nnc(-c2ccco2)n1-c1c(OC)cccc1OC. The number of methoxy groups -OCH3 is 3. The lowest BCUT2D eigenvalue weighted by Gasteiger charge is -2.16. The molecule has 1 aromatic carbocycles. The van der Waals surface area contributed by atoms with Gasteiger partial charge in [-0.3, -0.25) is 9.36 Å². The molecule has 2 aromatic heterocycles. The zero-order valence-corrected chi connectivity index (χ0v) is 17.5. The van der Waals surface area contributed by atoms with Crippen molar-refractivity contribution in [2.75, 3.05) is 27.1 Å². The summed E-state index contributed by atoms with van der Waals surface area (Å²) in [7, 11) is 0.478. The van der Waals surface area contributed by atoms with Crippen LogP contribution in [0.3, 0.4) is 0 Å². The minimum atomic E-state index is -3.70. The van der Waals surface area contributed by atoms with Crippen LogP contribution >= 0.6 is 0 Å². The third kappa shape index (κ3) is 4.46. The van der Waals surface area contributed by atoms with Gasteiger partial charge in [0.1, 0.15) is 22.9 Å². The molecule has 0 bridgehead atoms. The standard InChI is InChI=1S/C19H21N3O7S/c1-26-13-6-4-7-14(27-2)18(13)22-16(12-30(24,25)11-9-17(23)28-3)20-21-19(22)15-8-5-10-29-15/h4-8,10H,9,11-12H2,1-3H3. The number of sulfone groups is 1. The number of hydrogen-bond acceptors (Lipinski definition) is 9. The van der Waals surface area contributed by atoms with Crippen molar-refractivity contribution in [2.45, 2.75) is 12.2 Å². The highest BCUT2D eigenvalue weighted by Crippen LogP contribution is 2.36. The summed E-state index contributed by atoms with van der Waals surface area (Å²) in [5.74, 6) is 0.182. The number of hydrogen-bond donors (Lipinski definition) is 0. The Bertz CT molecular complexity index is 1100. The van der Waals surface area contributed by atoms with E-state index in [1.54, 1.807) is 30.3 Å². The third-order valence-corrected chi connectivity index (χ3v) is 5.82. The topological polar surface area (TPSA) is 123 Å². The molecule has 30 heavy (non-hydrogen) atoms. The van der Waals surface area contributed by atoms with E-state index in [2.05, 4.69) is 14.9 Å². The van der Waals surface area contributed by atoms with Crippen LogP contribution in [0.15, 0.2) is 41.0 Å². The Labute approximate surface area is 173 Å². The van der Waals surface area contributed by atoms with Crippen LogP contribution in [-0.2, 0) is 25.1 Å². The van der Waals surface area contributed by atoms with Crippen LogP contribution in [0.5, 0.6) is 11.5 Å². The zero-order valence-electron chi connectivity index (χ0n) is 16.7. The molecule has 0 radical (unpaired) electrons. The first-order valence-electron chi connectivity index (χ1n) is 8.87. The molecule has 0 N–H and O–H groups in total. The lowest BCUT2D eigenvalue weighted by molar-refractivity contribution is -0.140. The van der Waals surface area contributed by atoms with Gasteiger partial charge in [-0.1, -0.05) is 6.07 Å². The third-order valence-electron chi connectivity index (χ3n) is 4.29. The Kier molecular flexibility index (Phi) is 6.40. The largest absolute Gasteiger partial charge is 0.494 e. The number of benzene rings is 1. The van der Waals surface area contributed by atoms with E-state index in [9.17, 15) is 13.2 Å². The Balaban J connectivity index is 2.13. The number of carbonyl (C=O) groups excluding carboxylic acids is 1. The van der Waals surface area contributed by atoms with E-state index in [0.717, 1.165) is 0 Å². The number of para-hydroxylation sites is 1. The van der Waals surface area contributed by atoms with E-state index < -0.39 is 21.6 Å². The Morgan fingerprint density at radius 2 is 1.77 bits per heavy atom. The van der Waals surface area contributed by atoms with Crippen LogP contribution in [0.2, 0.25) is 0 Å². The van der Waals surface area contributed by atoms with E-state index in [-0.39, 0.29) is 23.8 Å². The summed E-state index contributed by atoms with van der Waals surface area (Å²) in [4.78, 5) is 11.4. The Morgan fingerprint density at radius 1 is 1.07 bits per heavy atom. The second kappa shape index (κ2) is 8.99. The average Bonchev–Trinajstić information content (AvgIpc) is 3.40. The normalized spacial score (nSPS) is 11.3. The number of carbonyl (C=O) groups is 1. The van der Waals surface area contributed by atoms with Crippen molar-refractivity contribution in [2.24, 2.45) is 0 Å². The highest BCUT2D eigenvalue weighted by Gasteiger charge is 2.26. The number of furan rings is 1. The second-order valence-electron chi connectivity index (χ2n) is 6.18. The maximum atomic E-state index is 12.6. The van der Waals surface area contributed by atoms with E-state index >= 15 is 0 Å². The minimum Gasteiger partial charge on any atom is -0.494 e. The first-order chi connectivity index (χ1) is 14.4. The number of nitrogens with zero attached hydrogens (tertiary/aromatic N) is 3. The number of ether oxygens (including phenoxy) is 3. The summed E-state index contributed by atoms with van der Waals surface area (Å²) < 4.78 is 47.7. The highest BCUT2D eigenvalue weighted by atomic mass is 32.2. The van der Waals surface area contributed by atoms with Crippen molar-refractivity contribution in [3.63, 3.8) is 0 Å². The molecule has 3 aromatic rings. The van der Waals surface area contributed by atoms with Crippen LogP contribution in [0.25, 0.3) is 17.3 Å². The van der Waals surface area contributed by atoms with Crippen molar-refractivity contribution in [1.29, 1.82) is 0 Å². The Hall–Kier alpha value is -3.34. The van der Waals surface area contributed by atoms with E-state index in [1.807, 2.05) is 0 Å². The molecule has 11 heteroatoms. The molecule has 0 saturated heterocycles. The van der Waals surface area contributed by atoms with Crippen LogP contribution in [0.1, 0.15) is 12.2 Å². The smallest absolute Gasteiger partial charge is 0.306 e. The fourth-order valence-corrected chi connectivity index (χ4v) is 4.07. The molecule has 0 amide bonds. The van der Waals surface area contributed by atoms with Crippen LogP contribution in [0, 0.1) is 0 Å². The second-order valence-corrected chi connectivity index (χ2v) is 8.37. The molecule has 0 aliphatic carbocycles. The van der Waals surface area contributed by atoms with E-state index in [4.69, 9.17) is 13.9 Å². The lowest BCUT2D eigenvalue weighted by Crippen LogP contribution is -2.17. The molecule has 160 valence electrons. The number of rotatable bonds is 9. The molecule has 3 rings (SSSR count). The molecule has 0 unspecified atom stereocenters. The molecule has 2 heterocycles. The summed E-state index contributed by atoms with van der Waals surface area (Å²) in [6.45, 7) is 0. The van der Waals surface area contributed by atoms with Gasteiger partial charge < -0.3 is 18.6 Å². The number of esters is 1. The summed E-state index contributed by atoms with van der Waals surface area (Å²) in [5, 5.41) is 8.21. The fourth-order valence-electron chi connectivity index (χ4n) is 2.87. The van der Waals surface area contributed by atoms with Gasteiger partial charge >= 0.3 is 5.97 Å². The molecule has 10 nitrogen and oxygen atoms in total. The summed E-state index contributed by atoms with van der Waals surface area (Å²) >= 11 is 0. The van der Waals surface area contributed by atoms with Gasteiger partial charge in [0, 0.05) is 0 Å². The van der Waals surface area contributed by atoms with Crippen molar-refractivity contribution in [3.8, 4) is 28.8 Å². The van der Waals surface area contributed by atoms with Gasteiger partial charge in [-0.25, -0.2) is 8.42 Å². The van der Waals surface area contributed by atoms with Gasteiger partial charge in [-0.2, -0.15) is 0 Å². The molecular weight excluding hydrogens is 414 g/mol.